The molecule has 2 rings (SSSR count). The summed E-state index contributed by atoms with van der Waals surface area (Å²) in [6, 6.07) is 0. The molecule has 1 aliphatic carbocycles. The molecule has 17 heavy (non-hydrogen) atoms. The van der Waals surface area contributed by atoms with Gasteiger partial charge in [-0.2, -0.15) is 5.10 Å². The summed E-state index contributed by atoms with van der Waals surface area (Å²) >= 11 is 0. The third-order valence-corrected chi connectivity index (χ3v) is 3.38. The number of hydrogen-bond acceptors (Lipinski definition) is 3. The number of nitrogens with one attached hydrogen (secondary N) is 1. The van der Waals surface area contributed by atoms with Crippen LogP contribution in [0.25, 0.3) is 0 Å². The third-order valence-electron chi connectivity index (χ3n) is 3.38. The van der Waals surface area contributed by atoms with Crippen molar-refractivity contribution in [3.63, 3.8) is 0 Å². The molecular weight excluding hydrogens is 214 g/mol. The molecule has 1 N–H and O–H groups in total. The molecule has 0 aromatic carbocycles. The fourth-order valence-electron chi connectivity index (χ4n) is 2.27. The highest BCUT2D eigenvalue weighted by atomic mass is 16.1. The van der Waals surface area contributed by atoms with Gasteiger partial charge in [0.15, 0.2) is 0 Å². The van der Waals surface area contributed by atoms with Gasteiger partial charge in [0.25, 0.3) is 0 Å². The quantitative estimate of drug-likeness (QED) is 0.752. The van der Waals surface area contributed by atoms with Crippen LogP contribution in [0.3, 0.4) is 0 Å². The molecule has 0 bridgehead atoms. The van der Waals surface area contributed by atoms with Crippen molar-refractivity contribution in [2.24, 2.45) is 11.0 Å². The average molecular weight is 235 g/mol. The molecule has 0 spiro atoms. The standard InChI is InChI=1S/C13H19N3O.H2/c1-11(17)14-8-5-9-16-13(2)7-4-3-6-12(13)10-15-16;/h3-4,6-7,10,12H,5,8-9H2,1-2H3,(H,14,17);1H. The maximum atomic E-state index is 10.8. The Morgan fingerprint density at radius 2 is 2.41 bits per heavy atom. The van der Waals surface area contributed by atoms with Crippen LogP contribution in [0.5, 0.6) is 0 Å². The predicted octanol–water partition coefficient (Wildman–Crippen LogP) is 1.56. The summed E-state index contributed by atoms with van der Waals surface area (Å²) in [6.45, 7) is 5.31. The molecule has 4 nitrogen and oxygen atoms in total. The van der Waals surface area contributed by atoms with Crippen molar-refractivity contribution in [3.8, 4) is 0 Å². The highest BCUT2D eigenvalue weighted by molar-refractivity contribution is 5.72. The van der Waals surface area contributed by atoms with Crippen molar-refractivity contribution < 1.29 is 6.22 Å². The van der Waals surface area contributed by atoms with Gasteiger partial charge < -0.3 is 5.32 Å². The van der Waals surface area contributed by atoms with E-state index in [1.165, 1.54) is 0 Å². The zero-order valence-electron chi connectivity index (χ0n) is 10.4. The number of rotatable bonds is 4. The topological polar surface area (TPSA) is 44.7 Å². The lowest BCUT2D eigenvalue weighted by Crippen LogP contribution is -2.44. The molecule has 2 unspecified atom stereocenters. The molecule has 1 heterocycles. The number of hydrazone groups is 1. The molecule has 0 aromatic heterocycles. The molecule has 94 valence electrons. The van der Waals surface area contributed by atoms with Gasteiger partial charge in [-0.25, -0.2) is 0 Å². The van der Waals surface area contributed by atoms with Gasteiger partial charge in [-0.05, 0) is 13.3 Å². The molecule has 4 heteroatoms. The van der Waals surface area contributed by atoms with Gasteiger partial charge >= 0.3 is 0 Å². The Morgan fingerprint density at radius 1 is 1.59 bits per heavy atom. The van der Waals surface area contributed by atoms with E-state index < -0.39 is 0 Å². The molecule has 0 radical (unpaired) electrons. The lowest BCUT2D eigenvalue weighted by Gasteiger charge is -2.36. The van der Waals surface area contributed by atoms with Crippen molar-refractivity contribution >= 4 is 12.1 Å². The van der Waals surface area contributed by atoms with Gasteiger partial charge in [0.05, 0.1) is 5.54 Å². The monoisotopic (exact) mass is 235 g/mol. The molecule has 2 atom stereocenters. The van der Waals surface area contributed by atoms with Crippen molar-refractivity contribution in [1.82, 2.24) is 10.3 Å². The Labute approximate surface area is 104 Å². The Bertz CT molecular complexity index is 392. The van der Waals surface area contributed by atoms with Crippen LogP contribution in [-0.4, -0.2) is 35.8 Å². The van der Waals surface area contributed by atoms with Gasteiger partial charge in [-0.3, -0.25) is 9.80 Å². The molecule has 0 aromatic rings. The maximum absolute atomic E-state index is 10.8. The van der Waals surface area contributed by atoms with Gasteiger partial charge in [-0.1, -0.05) is 24.3 Å². The van der Waals surface area contributed by atoms with Crippen LogP contribution in [0.4, 0.5) is 0 Å². The van der Waals surface area contributed by atoms with E-state index in [0.29, 0.717) is 12.5 Å². The Hall–Kier alpha value is -1.58. The molecule has 2 aliphatic rings. The first-order valence-corrected chi connectivity index (χ1v) is 6.05. The minimum absolute atomic E-state index is 0. The summed E-state index contributed by atoms with van der Waals surface area (Å²) in [5.74, 6) is 0.396. The second-order valence-corrected chi connectivity index (χ2v) is 4.72. The summed E-state index contributed by atoms with van der Waals surface area (Å²) in [5.41, 5.74) is -0.0228. The molecular formula is C13H21N3O. The summed E-state index contributed by atoms with van der Waals surface area (Å²) in [7, 11) is 0. The first-order valence-electron chi connectivity index (χ1n) is 6.05. The van der Waals surface area contributed by atoms with Crippen LogP contribution in [0, 0.1) is 5.92 Å². The first kappa shape index (κ1) is 11.9. The largest absolute Gasteiger partial charge is 0.356 e. The van der Waals surface area contributed by atoms with Crippen LogP contribution < -0.4 is 5.32 Å². The van der Waals surface area contributed by atoms with Crippen LogP contribution >= 0.6 is 0 Å². The fraction of sp³-hybridized carbons (Fsp3) is 0.538. The lowest BCUT2D eigenvalue weighted by molar-refractivity contribution is -0.118. The maximum Gasteiger partial charge on any atom is 0.216 e. The number of amides is 1. The van der Waals surface area contributed by atoms with E-state index in [9.17, 15) is 4.79 Å². The first-order chi connectivity index (χ1) is 8.13. The summed E-state index contributed by atoms with van der Waals surface area (Å²) in [5, 5.41) is 9.38. The highest BCUT2D eigenvalue weighted by Crippen LogP contribution is 2.34. The molecule has 0 saturated carbocycles. The summed E-state index contributed by atoms with van der Waals surface area (Å²) in [4.78, 5) is 10.8. The van der Waals surface area contributed by atoms with Gasteiger partial charge in [0.2, 0.25) is 5.91 Å². The van der Waals surface area contributed by atoms with Gasteiger partial charge in [0, 0.05) is 33.6 Å². The minimum Gasteiger partial charge on any atom is -0.356 e. The average Bonchev–Trinajstić information content (AvgIpc) is 2.61. The van der Waals surface area contributed by atoms with Crippen LogP contribution in [0.15, 0.2) is 29.4 Å². The molecule has 0 fully saturated rings. The Morgan fingerprint density at radius 3 is 3.18 bits per heavy atom. The van der Waals surface area contributed by atoms with E-state index in [1.807, 2.05) is 6.21 Å². The van der Waals surface area contributed by atoms with Gasteiger partial charge in [0.1, 0.15) is 0 Å². The van der Waals surface area contributed by atoms with E-state index in [-0.39, 0.29) is 12.9 Å². The van der Waals surface area contributed by atoms with Gasteiger partial charge in [-0.15, -0.1) is 0 Å². The second kappa shape index (κ2) is 4.73. The van der Waals surface area contributed by atoms with E-state index in [4.69, 9.17) is 0 Å². The zero-order chi connectivity index (χ0) is 12.3. The van der Waals surface area contributed by atoms with Crippen molar-refractivity contribution in [1.29, 1.82) is 0 Å². The van der Waals surface area contributed by atoms with Crippen molar-refractivity contribution in [3.05, 3.63) is 24.3 Å². The van der Waals surface area contributed by atoms with Crippen LogP contribution in [0.2, 0.25) is 0 Å². The zero-order valence-corrected chi connectivity index (χ0v) is 10.4. The van der Waals surface area contributed by atoms with E-state index >= 15 is 0 Å². The van der Waals surface area contributed by atoms with Crippen molar-refractivity contribution in [2.75, 3.05) is 13.1 Å². The Kier molecular flexibility index (Phi) is 3.31. The van der Waals surface area contributed by atoms with Crippen molar-refractivity contribution in [2.45, 2.75) is 25.8 Å². The lowest BCUT2D eigenvalue weighted by atomic mass is 9.83. The summed E-state index contributed by atoms with van der Waals surface area (Å²) < 4.78 is 0. The second-order valence-electron chi connectivity index (χ2n) is 4.72. The third kappa shape index (κ3) is 2.40. The predicted molar refractivity (Wildman–Crippen MR) is 70.8 cm³/mol. The number of fused-ring (bicyclic) bond motifs is 1. The number of carbonyl (C=O) groups excluding carboxylic acids is 1. The van der Waals surface area contributed by atoms with E-state index in [2.05, 4.69) is 46.7 Å². The molecule has 1 amide bonds. The number of carbonyl (C=O) groups is 1. The number of nitrogens with zero attached hydrogens (tertiary/aromatic N) is 2. The number of hydrogen-bond donors (Lipinski definition) is 1. The minimum atomic E-state index is -0.0228. The SMILES string of the molecule is CC(=O)NCCCN1N=CC2C=CC=CC21C.[HH]. The number of allylic oxidation sites excluding steroid dienone is 2. The van der Waals surface area contributed by atoms with Crippen LogP contribution in [0.1, 0.15) is 21.7 Å². The molecule has 1 aliphatic heterocycles. The molecule has 0 saturated heterocycles. The smallest absolute Gasteiger partial charge is 0.216 e. The fourth-order valence-corrected chi connectivity index (χ4v) is 2.27. The van der Waals surface area contributed by atoms with E-state index in [0.717, 1.165) is 13.0 Å². The highest BCUT2D eigenvalue weighted by Gasteiger charge is 2.39. The normalized spacial score (nSPS) is 29.5. The summed E-state index contributed by atoms with van der Waals surface area (Å²) in [6.07, 6.45) is 11.4. The Balaban J connectivity index is 0.00000162. The van der Waals surface area contributed by atoms with Crippen LogP contribution in [-0.2, 0) is 4.79 Å². The van der Waals surface area contributed by atoms with E-state index in [1.54, 1.807) is 6.92 Å².